The third-order valence-corrected chi connectivity index (χ3v) is 4.31. The normalized spacial score (nSPS) is 11.7. The Morgan fingerprint density at radius 2 is 1.77 bits per heavy atom. The molecular formula is C23H23BrO2. The van der Waals surface area contributed by atoms with Crippen molar-refractivity contribution >= 4 is 15.9 Å². The predicted octanol–water partition coefficient (Wildman–Crippen LogP) is 4.59. The van der Waals surface area contributed by atoms with Gasteiger partial charge in [-0.2, -0.15) is 0 Å². The van der Waals surface area contributed by atoms with E-state index in [1.165, 1.54) is 5.56 Å². The SMILES string of the molecule is CC(C)(O)C#CC(CCc1ccccc1Br)OCC#Cc1ccccc1. The van der Waals surface area contributed by atoms with Crippen molar-refractivity contribution in [3.63, 3.8) is 0 Å². The smallest absolute Gasteiger partial charge is 0.120 e. The van der Waals surface area contributed by atoms with Crippen LogP contribution in [-0.4, -0.2) is 23.4 Å². The van der Waals surface area contributed by atoms with E-state index in [0.717, 1.165) is 22.9 Å². The summed E-state index contributed by atoms with van der Waals surface area (Å²) in [5.41, 5.74) is 1.13. The molecule has 0 aliphatic carbocycles. The highest BCUT2D eigenvalue weighted by molar-refractivity contribution is 9.10. The Hall–Kier alpha value is -2.04. The van der Waals surface area contributed by atoms with Gasteiger partial charge in [0.2, 0.25) is 0 Å². The summed E-state index contributed by atoms with van der Waals surface area (Å²) >= 11 is 3.57. The van der Waals surface area contributed by atoms with Crippen molar-refractivity contribution in [3.8, 4) is 23.7 Å². The molecule has 1 atom stereocenters. The fraction of sp³-hybridized carbons (Fsp3) is 0.304. The first kappa shape index (κ1) is 20.3. The van der Waals surface area contributed by atoms with E-state index < -0.39 is 5.60 Å². The molecule has 0 heterocycles. The molecule has 134 valence electrons. The fourth-order valence-corrected chi connectivity index (χ4v) is 2.73. The van der Waals surface area contributed by atoms with Crippen molar-refractivity contribution < 1.29 is 9.84 Å². The minimum absolute atomic E-state index is 0.279. The number of aryl methyl sites for hydroxylation is 1. The van der Waals surface area contributed by atoms with Crippen LogP contribution in [-0.2, 0) is 11.2 Å². The third-order valence-electron chi connectivity index (χ3n) is 3.54. The maximum Gasteiger partial charge on any atom is 0.120 e. The van der Waals surface area contributed by atoms with Crippen molar-refractivity contribution in [2.45, 2.75) is 38.4 Å². The van der Waals surface area contributed by atoms with E-state index in [2.05, 4.69) is 45.7 Å². The fourth-order valence-electron chi connectivity index (χ4n) is 2.24. The standard InChI is InChI=1S/C23H23BrO2/c1-23(2,25)17-16-21(15-14-20-12-6-7-13-22(20)24)26-18-8-11-19-9-4-3-5-10-19/h3-7,9-10,12-13,21,25H,14-15,18H2,1-2H3. The Labute approximate surface area is 164 Å². The molecule has 0 bridgehead atoms. The van der Waals surface area contributed by atoms with E-state index in [-0.39, 0.29) is 6.10 Å². The molecule has 0 radical (unpaired) electrons. The molecule has 0 fully saturated rings. The highest BCUT2D eigenvalue weighted by atomic mass is 79.9. The second-order valence-electron chi connectivity index (χ2n) is 6.43. The zero-order valence-corrected chi connectivity index (χ0v) is 16.7. The van der Waals surface area contributed by atoms with Crippen LogP contribution in [0.3, 0.4) is 0 Å². The van der Waals surface area contributed by atoms with Gasteiger partial charge in [0.15, 0.2) is 0 Å². The Kier molecular flexibility index (Phi) is 7.95. The van der Waals surface area contributed by atoms with Gasteiger partial charge < -0.3 is 9.84 Å². The summed E-state index contributed by atoms with van der Waals surface area (Å²) in [5.74, 6) is 12.0. The summed E-state index contributed by atoms with van der Waals surface area (Å²) < 4.78 is 6.93. The number of aliphatic hydroxyl groups is 1. The minimum atomic E-state index is -1.04. The molecular weight excluding hydrogens is 388 g/mol. The van der Waals surface area contributed by atoms with Gasteiger partial charge in [-0.05, 0) is 50.5 Å². The summed E-state index contributed by atoms with van der Waals surface area (Å²) in [7, 11) is 0. The van der Waals surface area contributed by atoms with E-state index in [9.17, 15) is 5.11 Å². The Balaban J connectivity index is 1.98. The quantitative estimate of drug-likeness (QED) is 0.730. The van der Waals surface area contributed by atoms with Gasteiger partial charge in [-0.1, -0.05) is 76.0 Å². The number of halogens is 1. The Morgan fingerprint density at radius 3 is 2.46 bits per heavy atom. The van der Waals surface area contributed by atoms with Gasteiger partial charge >= 0.3 is 0 Å². The monoisotopic (exact) mass is 410 g/mol. The van der Waals surface area contributed by atoms with Crippen molar-refractivity contribution in [3.05, 3.63) is 70.2 Å². The third kappa shape index (κ3) is 7.89. The molecule has 3 heteroatoms. The number of hydrogen-bond donors (Lipinski definition) is 1. The van der Waals surface area contributed by atoms with Gasteiger partial charge in [-0.3, -0.25) is 0 Å². The van der Waals surface area contributed by atoms with Crippen LogP contribution in [0.1, 0.15) is 31.4 Å². The van der Waals surface area contributed by atoms with Crippen LogP contribution in [0.15, 0.2) is 59.1 Å². The average Bonchev–Trinajstić information content (AvgIpc) is 2.61. The Bertz CT molecular complexity index is 814. The molecule has 2 aromatic carbocycles. The first-order valence-corrected chi connectivity index (χ1v) is 9.37. The summed E-state index contributed by atoms with van der Waals surface area (Å²) in [4.78, 5) is 0. The molecule has 0 saturated carbocycles. The van der Waals surface area contributed by atoms with E-state index in [4.69, 9.17) is 4.74 Å². The molecule has 2 rings (SSSR count). The lowest BCUT2D eigenvalue weighted by Crippen LogP contribution is -2.18. The van der Waals surface area contributed by atoms with E-state index >= 15 is 0 Å². The number of ether oxygens (including phenoxy) is 1. The molecule has 0 saturated heterocycles. The highest BCUT2D eigenvalue weighted by Crippen LogP contribution is 2.18. The van der Waals surface area contributed by atoms with Crippen molar-refractivity contribution in [1.29, 1.82) is 0 Å². The van der Waals surface area contributed by atoms with E-state index in [1.807, 2.05) is 48.5 Å². The predicted molar refractivity (Wildman–Crippen MR) is 110 cm³/mol. The Morgan fingerprint density at radius 1 is 1.08 bits per heavy atom. The molecule has 1 unspecified atom stereocenters. The topological polar surface area (TPSA) is 29.5 Å². The van der Waals surface area contributed by atoms with Crippen LogP contribution in [0.5, 0.6) is 0 Å². The zero-order valence-electron chi connectivity index (χ0n) is 15.1. The van der Waals surface area contributed by atoms with Crippen LogP contribution >= 0.6 is 15.9 Å². The first-order chi connectivity index (χ1) is 12.4. The van der Waals surface area contributed by atoms with Gasteiger partial charge in [0.05, 0.1) is 0 Å². The summed E-state index contributed by atoms with van der Waals surface area (Å²) in [6.07, 6.45) is 1.29. The van der Waals surface area contributed by atoms with E-state index in [1.54, 1.807) is 13.8 Å². The number of rotatable bonds is 5. The summed E-state index contributed by atoms with van der Waals surface area (Å²) in [6, 6.07) is 17.9. The van der Waals surface area contributed by atoms with Crippen LogP contribution in [0, 0.1) is 23.7 Å². The van der Waals surface area contributed by atoms with Gasteiger partial charge in [0.1, 0.15) is 18.3 Å². The highest BCUT2D eigenvalue weighted by Gasteiger charge is 2.10. The van der Waals surface area contributed by atoms with Crippen LogP contribution in [0.25, 0.3) is 0 Å². The molecule has 2 aromatic rings. The van der Waals surface area contributed by atoms with Crippen molar-refractivity contribution in [2.24, 2.45) is 0 Å². The molecule has 26 heavy (non-hydrogen) atoms. The maximum absolute atomic E-state index is 9.85. The average molecular weight is 411 g/mol. The molecule has 0 spiro atoms. The van der Waals surface area contributed by atoms with Gasteiger partial charge in [0, 0.05) is 10.0 Å². The van der Waals surface area contributed by atoms with E-state index in [0.29, 0.717) is 6.61 Å². The second-order valence-corrected chi connectivity index (χ2v) is 7.28. The largest absolute Gasteiger partial charge is 0.378 e. The number of hydrogen-bond acceptors (Lipinski definition) is 2. The van der Waals surface area contributed by atoms with Crippen molar-refractivity contribution in [2.75, 3.05) is 6.61 Å². The second kappa shape index (κ2) is 10.2. The van der Waals surface area contributed by atoms with Gasteiger partial charge in [0.25, 0.3) is 0 Å². The van der Waals surface area contributed by atoms with Crippen LogP contribution in [0.4, 0.5) is 0 Å². The summed E-state index contributed by atoms with van der Waals surface area (Å²) in [6.45, 7) is 3.64. The zero-order chi connectivity index (χ0) is 18.8. The van der Waals surface area contributed by atoms with Crippen LogP contribution in [0.2, 0.25) is 0 Å². The van der Waals surface area contributed by atoms with Crippen LogP contribution < -0.4 is 0 Å². The van der Waals surface area contributed by atoms with Gasteiger partial charge in [-0.15, -0.1) is 0 Å². The maximum atomic E-state index is 9.85. The number of benzene rings is 2. The molecule has 1 N–H and O–H groups in total. The first-order valence-electron chi connectivity index (χ1n) is 8.58. The molecule has 0 amide bonds. The lowest BCUT2D eigenvalue weighted by Gasteiger charge is -2.13. The lowest BCUT2D eigenvalue weighted by molar-refractivity contribution is 0.111. The van der Waals surface area contributed by atoms with Crippen molar-refractivity contribution in [1.82, 2.24) is 0 Å². The van der Waals surface area contributed by atoms with Gasteiger partial charge in [-0.25, -0.2) is 0 Å². The molecule has 0 aromatic heterocycles. The molecule has 2 nitrogen and oxygen atoms in total. The summed E-state index contributed by atoms with van der Waals surface area (Å²) in [5, 5.41) is 9.85. The molecule has 0 aliphatic rings. The molecule has 0 aliphatic heterocycles. The lowest BCUT2D eigenvalue weighted by atomic mass is 10.1. The minimum Gasteiger partial charge on any atom is -0.378 e.